The van der Waals surface area contributed by atoms with Crippen LogP contribution in [0.5, 0.6) is 5.75 Å². The monoisotopic (exact) mass is 299 g/mol. The van der Waals surface area contributed by atoms with Crippen molar-refractivity contribution in [2.24, 2.45) is 5.73 Å². The van der Waals surface area contributed by atoms with E-state index in [0.717, 1.165) is 12.2 Å². The topological polar surface area (TPSA) is 35.2 Å². The quantitative estimate of drug-likeness (QED) is 0.917. The Balaban J connectivity index is 3.46. The molecule has 0 radical (unpaired) electrons. The Labute approximate surface area is 113 Å². The van der Waals surface area contributed by atoms with Crippen molar-refractivity contribution >= 4 is 15.9 Å². The van der Waals surface area contributed by atoms with Gasteiger partial charge in [0.2, 0.25) is 0 Å². The van der Waals surface area contributed by atoms with Crippen molar-refractivity contribution in [2.45, 2.75) is 40.0 Å². The van der Waals surface area contributed by atoms with E-state index in [0.29, 0.717) is 12.5 Å². The molecule has 0 saturated heterocycles. The highest BCUT2D eigenvalue weighted by Crippen LogP contribution is 2.40. The molecule has 0 aliphatic rings. The van der Waals surface area contributed by atoms with Crippen LogP contribution in [-0.4, -0.2) is 13.7 Å². The molecular formula is C14H22BrNO. The lowest BCUT2D eigenvalue weighted by molar-refractivity contribution is 0.401. The third-order valence-electron chi connectivity index (χ3n) is 3.51. The highest BCUT2D eigenvalue weighted by Gasteiger charge is 2.20. The van der Waals surface area contributed by atoms with Crippen LogP contribution < -0.4 is 10.5 Å². The lowest BCUT2D eigenvalue weighted by Gasteiger charge is -2.22. The first-order valence-corrected chi connectivity index (χ1v) is 6.78. The van der Waals surface area contributed by atoms with Gasteiger partial charge in [-0.15, -0.1) is 0 Å². The Hall–Kier alpha value is -0.540. The number of rotatable bonds is 4. The number of methoxy groups -OCH3 is 1. The molecule has 17 heavy (non-hydrogen) atoms. The molecule has 1 aromatic rings. The molecule has 0 heterocycles. The van der Waals surface area contributed by atoms with E-state index in [-0.39, 0.29) is 0 Å². The number of nitrogens with two attached hydrogens (primary N) is 1. The highest BCUT2D eigenvalue weighted by atomic mass is 79.9. The van der Waals surface area contributed by atoms with Gasteiger partial charge in [-0.05, 0) is 56.3 Å². The molecule has 0 spiro atoms. The van der Waals surface area contributed by atoms with Crippen LogP contribution in [0.4, 0.5) is 0 Å². The molecule has 0 bridgehead atoms. The molecule has 0 fully saturated rings. The van der Waals surface area contributed by atoms with Crippen molar-refractivity contribution < 1.29 is 4.74 Å². The van der Waals surface area contributed by atoms with Crippen LogP contribution >= 0.6 is 15.9 Å². The van der Waals surface area contributed by atoms with Gasteiger partial charge in [0.15, 0.2) is 0 Å². The smallest absolute Gasteiger partial charge is 0.125 e. The molecule has 3 heteroatoms. The van der Waals surface area contributed by atoms with Gasteiger partial charge >= 0.3 is 0 Å². The van der Waals surface area contributed by atoms with Crippen LogP contribution in [0, 0.1) is 20.8 Å². The summed E-state index contributed by atoms with van der Waals surface area (Å²) in [5.41, 5.74) is 10.7. The summed E-state index contributed by atoms with van der Waals surface area (Å²) in [7, 11) is 1.74. The molecular weight excluding hydrogens is 278 g/mol. The summed E-state index contributed by atoms with van der Waals surface area (Å²) in [6.45, 7) is 9.28. The maximum Gasteiger partial charge on any atom is 0.125 e. The standard InChI is InChI=1S/C14H22BrNO/c1-8(6-7-16)12-11(4)13(15)9(2)10(3)14(12)17-5/h8H,6-7,16H2,1-5H3. The Morgan fingerprint density at radius 2 is 1.76 bits per heavy atom. The van der Waals surface area contributed by atoms with Crippen LogP contribution in [0.25, 0.3) is 0 Å². The van der Waals surface area contributed by atoms with Gasteiger partial charge in [0.05, 0.1) is 7.11 Å². The summed E-state index contributed by atoms with van der Waals surface area (Å²) >= 11 is 3.68. The second kappa shape index (κ2) is 5.87. The number of ether oxygens (including phenoxy) is 1. The fraction of sp³-hybridized carbons (Fsp3) is 0.571. The van der Waals surface area contributed by atoms with Crippen LogP contribution in [-0.2, 0) is 0 Å². The van der Waals surface area contributed by atoms with E-state index >= 15 is 0 Å². The number of hydrogen-bond acceptors (Lipinski definition) is 2. The van der Waals surface area contributed by atoms with E-state index in [1.807, 2.05) is 0 Å². The van der Waals surface area contributed by atoms with Crippen LogP contribution in [0.15, 0.2) is 4.47 Å². The number of halogens is 1. The molecule has 96 valence electrons. The number of benzene rings is 1. The molecule has 0 aliphatic heterocycles. The molecule has 1 rings (SSSR count). The third-order valence-corrected chi connectivity index (χ3v) is 4.70. The van der Waals surface area contributed by atoms with Crippen molar-refractivity contribution in [3.63, 3.8) is 0 Å². The van der Waals surface area contributed by atoms with Gasteiger partial charge in [-0.2, -0.15) is 0 Å². The first kappa shape index (κ1) is 14.5. The Morgan fingerprint density at radius 1 is 1.18 bits per heavy atom. The third kappa shape index (κ3) is 2.66. The molecule has 2 nitrogen and oxygen atoms in total. The minimum atomic E-state index is 0.422. The van der Waals surface area contributed by atoms with Crippen LogP contribution in [0.2, 0.25) is 0 Å². The molecule has 0 aromatic heterocycles. The van der Waals surface area contributed by atoms with E-state index in [2.05, 4.69) is 43.6 Å². The van der Waals surface area contributed by atoms with E-state index in [4.69, 9.17) is 10.5 Å². The van der Waals surface area contributed by atoms with Crippen molar-refractivity contribution in [3.8, 4) is 5.75 Å². The summed E-state index contributed by atoms with van der Waals surface area (Å²) in [5, 5.41) is 0. The van der Waals surface area contributed by atoms with Gasteiger partial charge in [-0.3, -0.25) is 0 Å². The normalized spacial score (nSPS) is 12.6. The van der Waals surface area contributed by atoms with Crippen molar-refractivity contribution in [1.82, 2.24) is 0 Å². The molecule has 1 unspecified atom stereocenters. The fourth-order valence-corrected chi connectivity index (χ4v) is 2.87. The Morgan fingerprint density at radius 3 is 2.24 bits per heavy atom. The van der Waals surface area contributed by atoms with Gasteiger partial charge in [0, 0.05) is 10.0 Å². The maximum absolute atomic E-state index is 5.66. The molecule has 1 atom stereocenters. The van der Waals surface area contributed by atoms with Crippen LogP contribution in [0.1, 0.15) is 41.5 Å². The maximum atomic E-state index is 5.66. The zero-order valence-electron chi connectivity index (χ0n) is 11.4. The molecule has 1 aromatic carbocycles. The predicted octanol–water partition coefficient (Wildman–Crippen LogP) is 3.84. The summed E-state index contributed by atoms with van der Waals surface area (Å²) in [5.74, 6) is 1.44. The fourth-order valence-electron chi connectivity index (χ4n) is 2.36. The number of hydrogen-bond donors (Lipinski definition) is 1. The van der Waals surface area contributed by atoms with Crippen molar-refractivity contribution in [1.29, 1.82) is 0 Å². The van der Waals surface area contributed by atoms with Gasteiger partial charge in [0.25, 0.3) is 0 Å². The van der Waals surface area contributed by atoms with E-state index < -0.39 is 0 Å². The zero-order chi connectivity index (χ0) is 13.2. The average Bonchev–Trinajstić information content (AvgIpc) is 2.31. The lowest BCUT2D eigenvalue weighted by atomic mass is 9.89. The first-order chi connectivity index (χ1) is 7.95. The van der Waals surface area contributed by atoms with E-state index in [1.54, 1.807) is 7.11 Å². The minimum absolute atomic E-state index is 0.422. The summed E-state index contributed by atoms with van der Waals surface area (Å²) in [6, 6.07) is 0. The summed E-state index contributed by atoms with van der Waals surface area (Å²) < 4.78 is 6.79. The average molecular weight is 300 g/mol. The van der Waals surface area contributed by atoms with Gasteiger partial charge in [0.1, 0.15) is 5.75 Å². The van der Waals surface area contributed by atoms with Gasteiger partial charge < -0.3 is 10.5 Å². The minimum Gasteiger partial charge on any atom is -0.496 e. The SMILES string of the molecule is COc1c(C)c(C)c(Br)c(C)c1C(C)CCN. The molecule has 0 saturated carbocycles. The molecule has 0 aliphatic carbocycles. The second-order valence-electron chi connectivity index (χ2n) is 4.61. The van der Waals surface area contributed by atoms with E-state index in [9.17, 15) is 0 Å². The lowest BCUT2D eigenvalue weighted by Crippen LogP contribution is -2.09. The van der Waals surface area contributed by atoms with Gasteiger partial charge in [-0.25, -0.2) is 0 Å². The largest absolute Gasteiger partial charge is 0.496 e. The highest BCUT2D eigenvalue weighted by molar-refractivity contribution is 9.10. The Kier molecular flexibility index (Phi) is 5.02. The molecule has 2 N–H and O–H groups in total. The van der Waals surface area contributed by atoms with E-state index in [1.165, 1.54) is 26.7 Å². The van der Waals surface area contributed by atoms with Gasteiger partial charge in [-0.1, -0.05) is 22.9 Å². The van der Waals surface area contributed by atoms with Crippen LogP contribution in [0.3, 0.4) is 0 Å². The Bertz CT molecular complexity index is 415. The van der Waals surface area contributed by atoms with Crippen molar-refractivity contribution in [3.05, 3.63) is 26.7 Å². The first-order valence-electron chi connectivity index (χ1n) is 5.98. The summed E-state index contributed by atoms with van der Waals surface area (Å²) in [4.78, 5) is 0. The zero-order valence-corrected chi connectivity index (χ0v) is 12.9. The predicted molar refractivity (Wildman–Crippen MR) is 77.0 cm³/mol. The second-order valence-corrected chi connectivity index (χ2v) is 5.41. The van der Waals surface area contributed by atoms with Crippen molar-refractivity contribution in [2.75, 3.05) is 13.7 Å². The molecule has 0 amide bonds. The summed E-state index contributed by atoms with van der Waals surface area (Å²) in [6.07, 6.45) is 0.978.